The summed E-state index contributed by atoms with van der Waals surface area (Å²) in [7, 11) is -1.50. The molecule has 0 saturated heterocycles. The van der Waals surface area contributed by atoms with E-state index in [0.29, 0.717) is 5.75 Å². The van der Waals surface area contributed by atoms with E-state index < -0.39 is 34.3 Å². The van der Waals surface area contributed by atoms with Crippen molar-refractivity contribution < 1.29 is 31.9 Å². The second-order valence-electron chi connectivity index (χ2n) is 6.78. The van der Waals surface area contributed by atoms with Gasteiger partial charge in [0.25, 0.3) is 10.0 Å². The molecule has 0 radical (unpaired) electrons. The van der Waals surface area contributed by atoms with Gasteiger partial charge in [0, 0.05) is 5.69 Å². The molecule has 3 aromatic carbocycles. The van der Waals surface area contributed by atoms with Crippen molar-refractivity contribution in [2.75, 3.05) is 30.4 Å². The number of carbonyl (C=O) groups excluding carboxylic acids is 2. The lowest BCUT2D eigenvalue weighted by Gasteiger charge is -2.24. The molecule has 0 bridgehead atoms. The number of carbonyl (C=O) groups is 2. The van der Waals surface area contributed by atoms with Gasteiger partial charge in [-0.1, -0.05) is 6.07 Å². The van der Waals surface area contributed by atoms with Crippen LogP contribution >= 0.6 is 0 Å². The van der Waals surface area contributed by atoms with Crippen molar-refractivity contribution in [2.45, 2.75) is 4.90 Å². The average molecular weight is 472 g/mol. The van der Waals surface area contributed by atoms with Gasteiger partial charge < -0.3 is 14.8 Å². The van der Waals surface area contributed by atoms with Crippen molar-refractivity contribution in [2.24, 2.45) is 0 Å². The molecule has 33 heavy (non-hydrogen) atoms. The summed E-state index contributed by atoms with van der Waals surface area (Å²) < 4.78 is 50.7. The minimum atomic E-state index is -4.18. The van der Waals surface area contributed by atoms with Gasteiger partial charge >= 0.3 is 5.97 Å². The van der Waals surface area contributed by atoms with Gasteiger partial charge in [-0.05, 0) is 66.7 Å². The molecule has 3 aromatic rings. The van der Waals surface area contributed by atoms with Crippen LogP contribution in [0.5, 0.6) is 5.75 Å². The molecule has 0 spiro atoms. The van der Waals surface area contributed by atoms with E-state index in [1.165, 1.54) is 62.8 Å². The van der Waals surface area contributed by atoms with Crippen molar-refractivity contribution >= 4 is 33.3 Å². The van der Waals surface area contributed by atoms with Gasteiger partial charge in [-0.3, -0.25) is 9.10 Å². The Morgan fingerprint density at radius 3 is 2.24 bits per heavy atom. The van der Waals surface area contributed by atoms with Crippen LogP contribution in [-0.2, 0) is 19.6 Å². The third-order valence-corrected chi connectivity index (χ3v) is 6.40. The molecule has 1 N–H and O–H groups in total. The molecule has 1 amide bonds. The Labute approximate surface area is 190 Å². The average Bonchev–Trinajstić information content (AvgIpc) is 2.82. The number of nitrogens with one attached hydrogen (secondary N) is 1. The van der Waals surface area contributed by atoms with Crippen LogP contribution in [0.4, 0.5) is 15.8 Å². The van der Waals surface area contributed by atoms with Gasteiger partial charge in [0.2, 0.25) is 5.91 Å². The Bertz CT molecular complexity index is 1240. The quantitative estimate of drug-likeness (QED) is 0.504. The minimum Gasteiger partial charge on any atom is -0.497 e. The molecule has 172 valence electrons. The van der Waals surface area contributed by atoms with Crippen LogP contribution in [0.1, 0.15) is 10.4 Å². The number of hydrogen-bond acceptors (Lipinski definition) is 6. The highest BCUT2D eigenvalue weighted by molar-refractivity contribution is 7.92. The van der Waals surface area contributed by atoms with Crippen LogP contribution < -0.4 is 14.4 Å². The molecule has 0 heterocycles. The summed E-state index contributed by atoms with van der Waals surface area (Å²) in [5.41, 5.74) is 0.603. The van der Waals surface area contributed by atoms with E-state index in [9.17, 15) is 22.4 Å². The number of hydrogen-bond donors (Lipinski definition) is 1. The highest BCUT2D eigenvalue weighted by Crippen LogP contribution is 2.25. The summed E-state index contributed by atoms with van der Waals surface area (Å²) in [6.45, 7) is -0.595. The van der Waals surface area contributed by atoms with Gasteiger partial charge in [0.15, 0.2) is 0 Å². The minimum absolute atomic E-state index is 0.0758. The third kappa shape index (κ3) is 5.66. The van der Waals surface area contributed by atoms with Crippen LogP contribution in [0.25, 0.3) is 0 Å². The summed E-state index contributed by atoms with van der Waals surface area (Å²) in [4.78, 5) is 24.4. The van der Waals surface area contributed by atoms with E-state index in [2.05, 4.69) is 10.1 Å². The van der Waals surface area contributed by atoms with Gasteiger partial charge in [-0.25, -0.2) is 17.6 Å². The highest BCUT2D eigenvalue weighted by atomic mass is 32.2. The molecular formula is C23H21FN2O6S. The Morgan fingerprint density at radius 2 is 1.64 bits per heavy atom. The van der Waals surface area contributed by atoms with E-state index in [-0.39, 0.29) is 21.8 Å². The van der Waals surface area contributed by atoms with Crippen molar-refractivity contribution in [1.82, 2.24) is 0 Å². The van der Waals surface area contributed by atoms with Crippen molar-refractivity contribution in [3.05, 3.63) is 84.2 Å². The molecule has 0 aromatic heterocycles. The molecule has 0 aliphatic carbocycles. The summed E-state index contributed by atoms with van der Waals surface area (Å²) in [5, 5.41) is 2.57. The Balaban J connectivity index is 1.91. The lowest BCUT2D eigenvalue weighted by molar-refractivity contribution is -0.114. The second-order valence-corrected chi connectivity index (χ2v) is 8.65. The maximum atomic E-state index is 13.4. The molecule has 0 saturated carbocycles. The zero-order chi connectivity index (χ0) is 24.0. The Kier molecular flexibility index (Phi) is 7.29. The van der Waals surface area contributed by atoms with Gasteiger partial charge in [-0.15, -0.1) is 0 Å². The standard InChI is InChI=1S/C23H21FN2O6S/c1-31-20-10-12-21(13-11-20)33(29,30)26(19-8-6-17(24)7-9-19)15-22(27)25-18-5-3-4-16(14-18)23(28)32-2/h3-14H,15H2,1-2H3,(H,25,27). The lowest BCUT2D eigenvalue weighted by Crippen LogP contribution is -2.38. The van der Waals surface area contributed by atoms with Gasteiger partial charge in [-0.2, -0.15) is 0 Å². The van der Waals surface area contributed by atoms with Crippen LogP contribution in [0, 0.1) is 5.82 Å². The molecule has 0 unspecified atom stereocenters. The van der Waals surface area contributed by atoms with Crippen LogP contribution in [-0.4, -0.2) is 41.1 Å². The number of amides is 1. The van der Waals surface area contributed by atoms with Crippen LogP contribution in [0.3, 0.4) is 0 Å². The maximum absolute atomic E-state index is 13.4. The molecule has 0 atom stereocenters. The van der Waals surface area contributed by atoms with Crippen molar-refractivity contribution in [3.63, 3.8) is 0 Å². The SMILES string of the molecule is COC(=O)c1cccc(NC(=O)CN(c2ccc(F)cc2)S(=O)(=O)c2ccc(OC)cc2)c1. The number of nitrogens with zero attached hydrogens (tertiary/aromatic N) is 1. The monoisotopic (exact) mass is 472 g/mol. The molecule has 0 fully saturated rings. The number of rotatable bonds is 8. The number of halogens is 1. The Morgan fingerprint density at radius 1 is 0.970 bits per heavy atom. The fourth-order valence-corrected chi connectivity index (χ4v) is 4.39. The van der Waals surface area contributed by atoms with Gasteiger partial charge in [0.1, 0.15) is 18.1 Å². The first-order chi connectivity index (χ1) is 15.7. The number of benzene rings is 3. The second kappa shape index (κ2) is 10.1. The first-order valence-electron chi connectivity index (χ1n) is 9.65. The summed E-state index contributed by atoms with van der Waals surface area (Å²) in [6.07, 6.45) is 0. The molecular weight excluding hydrogens is 451 g/mol. The predicted molar refractivity (Wildman–Crippen MR) is 120 cm³/mol. The molecule has 8 nitrogen and oxygen atoms in total. The number of esters is 1. The van der Waals surface area contributed by atoms with Crippen LogP contribution in [0.2, 0.25) is 0 Å². The van der Waals surface area contributed by atoms with E-state index in [4.69, 9.17) is 4.74 Å². The van der Waals surface area contributed by atoms with Crippen molar-refractivity contribution in [3.8, 4) is 5.75 Å². The molecule has 10 heteroatoms. The summed E-state index contributed by atoms with van der Waals surface area (Å²) in [6, 6.07) is 16.4. The molecule has 0 aliphatic heterocycles. The predicted octanol–water partition coefficient (Wildman–Crippen LogP) is 3.45. The van der Waals surface area contributed by atoms with E-state index in [1.807, 2.05) is 0 Å². The number of methoxy groups -OCH3 is 2. The first kappa shape index (κ1) is 23.7. The first-order valence-corrected chi connectivity index (χ1v) is 11.1. The smallest absolute Gasteiger partial charge is 0.337 e. The summed E-state index contributed by atoms with van der Waals surface area (Å²) >= 11 is 0. The maximum Gasteiger partial charge on any atom is 0.337 e. The lowest BCUT2D eigenvalue weighted by atomic mass is 10.2. The van der Waals surface area contributed by atoms with Crippen molar-refractivity contribution in [1.29, 1.82) is 0 Å². The van der Waals surface area contributed by atoms with E-state index in [1.54, 1.807) is 12.1 Å². The molecule has 3 rings (SSSR count). The number of ether oxygens (including phenoxy) is 2. The largest absolute Gasteiger partial charge is 0.497 e. The third-order valence-electron chi connectivity index (χ3n) is 4.62. The fourth-order valence-electron chi connectivity index (χ4n) is 2.97. The number of anilines is 2. The van der Waals surface area contributed by atoms with E-state index in [0.717, 1.165) is 16.4 Å². The zero-order valence-electron chi connectivity index (χ0n) is 17.8. The van der Waals surface area contributed by atoms with Gasteiger partial charge in [0.05, 0.1) is 30.4 Å². The fraction of sp³-hybridized carbons (Fsp3) is 0.130. The van der Waals surface area contributed by atoms with Crippen LogP contribution in [0.15, 0.2) is 77.7 Å². The van der Waals surface area contributed by atoms with E-state index >= 15 is 0 Å². The highest BCUT2D eigenvalue weighted by Gasteiger charge is 2.27. The summed E-state index contributed by atoms with van der Waals surface area (Å²) in [5.74, 6) is -1.34. The Hall–Kier alpha value is -3.92. The molecule has 0 aliphatic rings. The topological polar surface area (TPSA) is 102 Å². The number of sulfonamides is 1. The zero-order valence-corrected chi connectivity index (χ0v) is 18.6. The normalized spacial score (nSPS) is 10.9.